The summed E-state index contributed by atoms with van der Waals surface area (Å²) in [6.45, 7) is 6.89. The number of aromatic amines is 2. The standard InChI is InChI=1S/C53H41N3/c1-53(2,3)38-24-25-39-40(32-38)42-33-41(39)49(34-16-8-4-9-17-34)43-26-28-45(54-43)51(36-20-12-6-13-21-36)47-30-31-48(56-47)52(37-22-14-7-15-23-37)46-29-27-44(55-46)50(42)35-18-10-5-11-19-35/h4-33,54-55H,1-3H3. The second-order valence-corrected chi connectivity index (χ2v) is 15.7. The zero-order valence-electron chi connectivity index (χ0n) is 31.8. The van der Waals surface area contributed by atoms with Gasteiger partial charge in [0.25, 0.3) is 0 Å². The van der Waals surface area contributed by atoms with Crippen molar-refractivity contribution in [3.63, 3.8) is 0 Å². The minimum Gasteiger partial charge on any atom is -0.354 e. The topological polar surface area (TPSA) is 44.5 Å². The molecule has 3 aromatic heterocycles. The molecule has 4 heterocycles. The molecule has 0 saturated carbocycles. The normalized spacial score (nSPS) is 12.1. The van der Waals surface area contributed by atoms with E-state index in [9.17, 15) is 0 Å². The molecule has 5 aromatic carbocycles. The van der Waals surface area contributed by atoms with Gasteiger partial charge in [0.1, 0.15) is 0 Å². The van der Waals surface area contributed by atoms with Crippen molar-refractivity contribution in [2.45, 2.75) is 26.2 Å². The molecule has 3 nitrogen and oxygen atoms in total. The van der Waals surface area contributed by atoms with Gasteiger partial charge >= 0.3 is 0 Å². The lowest BCUT2D eigenvalue weighted by atomic mass is 9.84. The van der Waals surface area contributed by atoms with E-state index in [1.807, 2.05) is 0 Å². The first kappa shape index (κ1) is 33.6. The third kappa shape index (κ3) is 5.80. The van der Waals surface area contributed by atoms with Crippen LogP contribution in [0.3, 0.4) is 0 Å². The van der Waals surface area contributed by atoms with E-state index in [4.69, 9.17) is 4.98 Å². The molecular weight excluding hydrogens is 679 g/mol. The average Bonchev–Trinajstić information content (AvgIpc) is 4.06. The first-order valence-electron chi connectivity index (χ1n) is 19.4. The molecule has 0 spiro atoms. The summed E-state index contributed by atoms with van der Waals surface area (Å²) < 4.78 is 0. The van der Waals surface area contributed by atoms with Crippen molar-refractivity contribution in [3.8, 4) is 66.8 Å². The van der Waals surface area contributed by atoms with Crippen LogP contribution in [0.4, 0.5) is 0 Å². The Labute approximate surface area is 327 Å². The number of nitrogens with one attached hydrogen (secondary N) is 2. The van der Waals surface area contributed by atoms with Crippen LogP contribution in [0.15, 0.2) is 170 Å². The van der Waals surface area contributed by atoms with Crippen molar-refractivity contribution in [2.24, 2.45) is 0 Å². The molecule has 1 aliphatic carbocycles. The summed E-state index contributed by atoms with van der Waals surface area (Å²) in [5.74, 6) is 0. The number of H-pyrrole nitrogens is 2. The van der Waals surface area contributed by atoms with Gasteiger partial charge in [-0.1, -0.05) is 154 Å². The number of hydrogen-bond donors (Lipinski definition) is 2. The molecule has 0 unspecified atom stereocenters. The minimum atomic E-state index is -0.0283. The first-order valence-corrected chi connectivity index (χ1v) is 19.4. The molecule has 0 saturated heterocycles. The molecule has 0 atom stereocenters. The van der Waals surface area contributed by atoms with Crippen molar-refractivity contribution in [3.05, 3.63) is 187 Å². The molecule has 8 aromatic rings. The van der Waals surface area contributed by atoms with E-state index < -0.39 is 0 Å². The Morgan fingerprint density at radius 1 is 0.357 bits per heavy atom. The van der Waals surface area contributed by atoms with Crippen LogP contribution in [0.5, 0.6) is 0 Å². The second kappa shape index (κ2) is 13.4. The van der Waals surface area contributed by atoms with Gasteiger partial charge in [0.2, 0.25) is 0 Å². The molecule has 2 aliphatic rings. The average molecular weight is 720 g/mol. The van der Waals surface area contributed by atoms with Gasteiger partial charge in [-0.25, -0.2) is 4.98 Å². The molecule has 0 fully saturated rings. The lowest BCUT2D eigenvalue weighted by Gasteiger charge is -2.21. The predicted octanol–water partition coefficient (Wildman–Crippen LogP) is 14.4. The Morgan fingerprint density at radius 2 is 0.732 bits per heavy atom. The number of aromatic nitrogens is 3. The summed E-state index contributed by atoms with van der Waals surface area (Å²) >= 11 is 0. The zero-order chi connectivity index (χ0) is 37.8. The van der Waals surface area contributed by atoms with Gasteiger partial charge in [-0.15, -0.1) is 0 Å². The Bertz CT molecular complexity index is 2960. The smallest absolute Gasteiger partial charge is 0.0737 e. The molecule has 56 heavy (non-hydrogen) atoms. The van der Waals surface area contributed by atoms with Crippen LogP contribution in [-0.2, 0) is 5.41 Å². The summed E-state index contributed by atoms with van der Waals surface area (Å²) in [5, 5.41) is 0. The summed E-state index contributed by atoms with van der Waals surface area (Å²) in [4.78, 5) is 13.3. The highest BCUT2D eigenvalue weighted by Crippen LogP contribution is 2.50. The van der Waals surface area contributed by atoms with Crippen LogP contribution in [0.25, 0.3) is 101 Å². The fourth-order valence-electron chi connectivity index (χ4n) is 8.41. The molecule has 1 aliphatic heterocycles. The van der Waals surface area contributed by atoms with Crippen molar-refractivity contribution in [1.29, 1.82) is 0 Å². The molecule has 0 amide bonds. The molecule has 3 heteroatoms. The fraction of sp³-hybridized carbons (Fsp3) is 0.0755. The minimum absolute atomic E-state index is 0.0283. The number of hydrogen-bond acceptors (Lipinski definition) is 1. The van der Waals surface area contributed by atoms with Gasteiger partial charge in [-0.05, 0) is 104 Å². The van der Waals surface area contributed by atoms with Gasteiger partial charge in [0, 0.05) is 44.3 Å². The maximum atomic E-state index is 5.44. The Balaban J connectivity index is 1.45. The highest BCUT2D eigenvalue weighted by molar-refractivity contribution is 6.08. The van der Waals surface area contributed by atoms with E-state index in [0.29, 0.717) is 0 Å². The van der Waals surface area contributed by atoms with Crippen LogP contribution in [0, 0.1) is 0 Å². The van der Waals surface area contributed by atoms with E-state index >= 15 is 0 Å². The third-order valence-electron chi connectivity index (χ3n) is 11.1. The fourth-order valence-corrected chi connectivity index (χ4v) is 8.41. The highest BCUT2D eigenvalue weighted by atomic mass is 14.8. The van der Waals surface area contributed by atoms with Gasteiger partial charge < -0.3 is 9.97 Å². The number of benzene rings is 5. The van der Waals surface area contributed by atoms with Gasteiger partial charge in [0.15, 0.2) is 0 Å². The van der Waals surface area contributed by atoms with Crippen LogP contribution < -0.4 is 0 Å². The van der Waals surface area contributed by atoms with Crippen molar-refractivity contribution in [2.75, 3.05) is 0 Å². The van der Waals surface area contributed by atoms with Crippen molar-refractivity contribution < 1.29 is 0 Å². The monoisotopic (exact) mass is 719 g/mol. The largest absolute Gasteiger partial charge is 0.354 e. The molecular formula is C53H41N3. The van der Waals surface area contributed by atoms with Crippen LogP contribution in [-0.4, -0.2) is 15.0 Å². The Hall–Kier alpha value is -6.97. The van der Waals surface area contributed by atoms with E-state index in [1.165, 1.54) is 27.8 Å². The van der Waals surface area contributed by atoms with Gasteiger partial charge in [-0.2, -0.15) is 0 Å². The molecule has 0 radical (unpaired) electrons. The van der Waals surface area contributed by atoms with E-state index in [1.54, 1.807) is 0 Å². The molecule has 2 N–H and O–H groups in total. The first-order chi connectivity index (χ1) is 27.4. The summed E-state index contributed by atoms with van der Waals surface area (Å²) in [5.41, 5.74) is 21.0. The number of fused-ring (bicyclic) bond motifs is 11. The lowest BCUT2D eigenvalue weighted by molar-refractivity contribution is 0.590. The second-order valence-electron chi connectivity index (χ2n) is 15.7. The van der Waals surface area contributed by atoms with E-state index in [-0.39, 0.29) is 5.41 Å². The molecule has 10 rings (SSSR count). The summed E-state index contributed by atoms with van der Waals surface area (Å²) in [7, 11) is 0. The summed E-state index contributed by atoms with van der Waals surface area (Å²) in [6.07, 6.45) is 4.33. The predicted molar refractivity (Wildman–Crippen MR) is 237 cm³/mol. The maximum absolute atomic E-state index is 5.44. The van der Waals surface area contributed by atoms with Crippen LogP contribution >= 0.6 is 0 Å². The van der Waals surface area contributed by atoms with E-state index in [2.05, 4.69) is 213 Å². The summed E-state index contributed by atoms with van der Waals surface area (Å²) in [6, 6.07) is 61.3. The van der Waals surface area contributed by atoms with Crippen LogP contribution in [0.2, 0.25) is 0 Å². The van der Waals surface area contributed by atoms with Crippen molar-refractivity contribution in [1.82, 2.24) is 15.0 Å². The molecule has 268 valence electrons. The van der Waals surface area contributed by atoms with E-state index in [0.717, 1.165) is 78.0 Å². The Kier molecular flexibility index (Phi) is 8.04. The van der Waals surface area contributed by atoms with Crippen LogP contribution in [0.1, 0.15) is 37.7 Å². The lowest BCUT2D eigenvalue weighted by Crippen LogP contribution is -2.10. The maximum Gasteiger partial charge on any atom is 0.0737 e. The SMILES string of the molecule is CC(C)(C)c1ccc2c(c1)-c1cc-2c(-c2ccccc2)c2ccc([nH]2)c(-c2ccccc2)c2nc(c(-c3ccccc3)c3ccc([nH]3)c1-c1ccccc1)C=C2. The van der Waals surface area contributed by atoms with Gasteiger partial charge in [-0.3, -0.25) is 0 Å². The van der Waals surface area contributed by atoms with Crippen molar-refractivity contribution >= 4 is 34.2 Å². The highest BCUT2D eigenvalue weighted by Gasteiger charge is 2.26. The number of rotatable bonds is 4. The molecule has 8 bridgehead atoms. The quantitative estimate of drug-likeness (QED) is 0.187. The van der Waals surface area contributed by atoms with Gasteiger partial charge in [0.05, 0.1) is 11.4 Å². The Morgan fingerprint density at radius 3 is 1.14 bits per heavy atom. The third-order valence-corrected chi connectivity index (χ3v) is 11.1. The number of nitrogens with zero attached hydrogens (tertiary/aromatic N) is 1. The zero-order valence-corrected chi connectivity index (χ0v) is 31.8.